The van der Waals surface area contributed by atoms with Gasteiger partial charge in [-0.15, -0.1) is 0 Å². The van der Waals surface area contributed by atoms with Gasteiger partial charge in [-0.25, -0.2) is 5.06 Å². The number of hydrogen-bond acceptors (Lipinski definition) is 4. The first kappa shape index (κ1) is 9.96. The third kappa shape index (κ3) is 2.17. The molecule has 1 fully saturated rings. The molecule has 0 radical (unpaired) electrons. The monoisotopic (exact) mass is 183 g/mol. The first-order chi connectivity index (χ1) is 5.96. The van der Waals surface area contributed by atoms with Gasteiger partial charge in [-0.1, -0.05) is 0 Å². The Morgan fingerprint density at radius 1 is 1.85 bits per heavy atom. The van der Waals surface area contributed by atoms with Crippen LogP contribution in [0.5, 0.6) is 0 Å². The highest BCUT2D eigenvalue weighted by molar-refractivity contribution is 5.82. The lowest BCUT2D eigenvalue weighted by Crippen LogP contribution is -2.38. The van der Waals surface area contributed by atoms with Gasteiger partial charge < -0.3 is 5.73 Å². The molecule has 1 atom stereocenters. The van der Waals surface area contributed by atoms with Crippen LogP contribution < -0.4 is 5.73 Å². The van der Waals surface area contributed by atoms with Crippen LogP contribution in [0.3, 0.4) is 0 Å². The maximum atomic E-state index is 11.3. The van der Waals surface area contributed by atoms with Crippen LogP contribution in [0.1, 0.15) is 13.8 Å². The number of nitriles is 1. The fraction of sp³-hybridized carbons (Fsp3) is 0.750. The first-order valence-corrected chi connectivity index (χ1v) is 4.07. The van der Waals surface area contributed by atoms with Gasteiger partial charge in [0.1, 0.15) is 6.04 Å². The summed E-state index contributed by atoms with van der Waals surface area (Å²) in [5, 5.41) is 9.91. The van der Waals surface area contributed by atoms with E-state index in [1.165, 1.54) is 5.06 Å². The van der Waals surface area contributed by atoms with Crippen LogP contribution in [0, 0.1) is 16.7 Å². The molecule has 1 saturated heterocycles. The molecule has 2 N–H and O–H groups in total. The zero-order chi connectivity index (χ0) is 10.1. The Balaban J connectivity index is 2.58. The van der Waals surface area contributed by atoms with Crippen LogP contribution in [0.25, 0.3) is 0 Å². The molecule has 1 amide bonds. The minimum absolute atomic E-state index is 0.209. The van der Waals surface area contributed by atoms with Crippen molar-refractivity contribution < 1.29 is 9.63 Å². The Morgan fingerprint density at radius 2 is 2.46 bits per heavy atom. The molecule has 1 aliphatic heterocycles. The van der Waals surface area contributed by atoms with E-state index in [2.05, 4.69) is 6.07 Å². The SMILES string of the molecule is CC(C)(C#N)CN1OCC(N)C1=O. The summed E-state index contributed by atoms with van der Waals surface area (Å²) in [7, 11) is 0. The van der Waals surface area contributed by atoms with E-state index in [1.807, 2.05) is 0 Å². The van der Waals surface area contributed by atoms with Crippen molar-refractivity contribution in [2.75, 3.05) is 13.2 Å². The average Bonchev–Trinajstić information content (AvgIpc) is 2.36. The summed E-state index contributed by atoms with van der Waals surface area (Å²) in [4.78, 5) is 16.3. The molecule has 0 aromatic heterocycles. The van der Waals surface area contributed by atoms with Crippen molar-refractivity contribution in [3.8, 4) is 6.07 Å². The molecule has 0 aromatic rings. The Hall–Kier alpha value is -1.12. The quantitative estimate of drug-likeness (QED) is 0.633. The number of carbonyl (C=O) groups is 1. The number of hydrogen-bond donors (Lipinski definition) is 1. The number of nitrogens with zero attached hydrogens (tertiary/aromatic N) is 2. The highest BCUT2D eigenvalue weighted by atomic mass is 16.7. The standard InChI is InChI=1S/C8H13N3O2/c1-8(2,4-9)5-11-7(12)6(10)3-13-11/h6H,3,5,10H2,1-2H3. The molecule has 1 unspecified atom stereocenters. The fourth-order valence-electron chi connectivity index (χ4n) is 1.01. The van der Waals surface area contributed by atoms with Gasteiger partial charge in [0.05, 0.1) is 24.6 Å². The zero-order valence-corrected chi connectivity index (χ0v) is 7.78. The molecule has 72 valence electrons. The van der Waals surface area contributed by atoms with E-state index in [1.54, 1.807) is 13.8 Å². The maximum Gasteiger partial charge on any atom is 0.265 e. The minimum atomic E-state index is -0.597. The van der Waals surface area contributed by atoms with Crippen LogP contribution in [0.2, 0.25) is 0 Å². The van der Waals surface area contributed by atoms with Gasteiger partial charge in [-0.3, -0.25) is 9.63 Å². The second-order valence-corrected chi connectivity index (χ2v) is 3.77. The van der Waals surface area contributed by atoms with Crippen molar-refractivity contribution >= 4 is 5.91 Å². The predicted molar refractivity (Wildman–Crippen MR) is 45.0 cm³/mol. The maximum absolute atomic E-state index is 11.3. The lowest BCUT2D eigenvalue weighted by Gasteiger charge is -2.22. The fourth-order valence-corrected chi connectivity index (χ4v) is 1.01. The number of rotatable bonds is 2. The van der Waals surface area contributed by atoms with Gasteiger partial charge in [0.15, 0.2) is 0 Å². The molecule has 5 heteroatoms. The van der Waals surface area contributed by atoms with Crippen LogP contribution in [-0.2, 0) is 9.63 Å². The van der Waals surface area contributed by atoms with E-state index in [-0.39, 0.29) is 19.1 Å². The van der Waals surface area contributed by atoms with Crippen LogP contribution in [0.15, 0.2) is 0 Å². The predicted octanol–water partition coefficient (Wildman–Crippen LogP) is -0.363. The summed E-state index contributed by atoms with van der Waals surface area (Å²) in [6.45, 7) is 3.96. The number of carbonyl (C=O) groups excluding carboxylic acids is 1. The van der Waals surface area contributed by atoms with Gasteiger partial charge in [-0.05, 0) is 13.8 Å². The van der Waals surface area contributed by atoms with E-state index in [9.17, 15) is 4.79 Å². The van der Waals surface area contributed by atoms with E-state index >= 15 is 0 Å². The summed E-state index contributed by atoms with van der Waals surface area (Å²) in [5.41, 5.74) is 4.83. The van der Waals surface area contributed by atoms with Crippen molar-refractivity contribution in [3.05, 3.63) is 0 Å². The Morgan fingerprint density at radius 3 is 2.85 bits per heavy atom. The van der Waals surface area contributed by atoms with E-state index in [0.29, 0.717) is 0 Å². The molecule has 1 aliphatic rings. The summed E-state index contributed by atoms with van der Waals surface area (Å²) in [6, 6.07) is 1.51. The Labute approximate surface area is 77.0 Å². The van der Waals surface area contributed by atoms with Crippen molar-refractivity contribution in [1.29, 1.82) is 5.26 Å². The Bertz CT molecular complexity index is 257. The molecule has 0 saturated carbocycles. The average molecular weight is 183 g/mol. The molecule has 5 nitrogen and oxygen atoms in total. The minimum Gasteiger partial charge on any atom is -0.318 e. The largest absolute Gasteiger partial charge is 0.318 e. The summed E-state index contributed by atoms with van der Waals surface area (Å²) in [5.74, 6) is -0.247. The lowest BCUT2D eigenvalue weighted by atomic mass is 9.96. The van der Waals surface area contributed by atoms with Gasteiger partial charge >= 0.3 is 0 Å². The van der Waals surface area contributed by atoms with Crippen molar-refractivity contribution in [2.24, 2.45) is 11.1 Å². The van der Waals surface area contributed by atoms with Gasteiger partial charge in [0, 0.05) is 0 Å². The molecule has 1 heterocycles. The van der Waals surface area contributed by atoms with Crippen molar-refractivity contribution in [2.45, 2.75) is 19.9 Å². The highest BCUT2D eigenvalue weighted by Crippen LogP contribution is 2.18. The first-order valence-electron chi connectivity index (χ1n) is 4.07. The molecule has 13 heavy (non-hydrogen) atoms. The van der Waals surface area contributed by atoms with Crippen LogP contribution in [-0.4, -0.2) is 30.2 Å². The zero-order valence-electron chi connectivity index (χ0n) is 7.78. The third-order valence-electron chi connectivity index (χ3n) is 1.81. The molecule has 0 aromatic carbocycles. The number of nitrogens with two attached hydrogens (primary N) is 1. The molecular formula is C8H13N3O2. The van der Waals surface area contributed by atoms with Crippen molar-refractivity contribution in [3.63, 3.8) is 0 Å². The van der Waals surface area contributed by atoms with Gasteiger partial charge in [-0.2, -0.15) is 5.26 Å². The van der Waals surface area contributed by atoms with Gasteiger partial charge in [0.25, 0.3) is 5.91 Å². The summed E-state index contributed by atoms with van der Waals surface area (Å²) in [6.07, 6.45) is 0. The van der Waals surface area contributed by atoms with Crippen LogP contribution >= 0.6 is 0 Å². The molecule has 0 bridgehead atoms. The molecule has 0 spiro atoms. The highest BCUT2D eigenvalue weighted by Gasteiger charge is 2.34. The smallest absolute Gasteiger partial charge is 0.265 e. The lowest BCUT2D eigenvalue weighted by molar-refractivity contribution is -0.166. The van der Waals surface area contributed by atoms with E-state index in [4.69, 9.17) is 15.8 Å². The van der Waals surface area contributed by atoms with E-state index in [0.717, 1.165) is 0 Å². The van der Waals surface area contributed by atoms with Crippen LogP contribution in [0.4, 0.5) is 0 Å². The van der Waals surface area contributed by atoms with E-state index < -0.39 is 11.5 Å². The summed E-state index contributed by atoms with van der Waals surface area (Å²) < 4.78 is 0. The van der Waals surface area contributed by atoms with Crippen molar-refractivity contribution in [1.82, 2.24) is 5.06 Å². The third-order valence-corrected chi connectivity index (χ3v) is 1.81. The second kappa shape index (κ2) is 3.32. The molecule has 0 aliphatic carbocycles. The number of hydroxylamine groups is 2. The number of amides is 1. The topological polar surface area (TPSA) is 79.3 Å². The van der Waals surface area contributed by atoms with Gasteiger partial charge in [0.2, 0.25) is 0 Å². The second-order valence-electron chi connectivity index (χ2n) is 3.77. The Kier molecular flexibility index (Phi) is 2.55. The molecular weight excluding hydrogens is 170 g/mol. The molecule has 1 rings (SSSR count). The normalized spacial score (nSPS) is 23.4. The summed E-state index contributed by atoms with van der Waals surface area (Å²) >= 11 is 0.